The van der Waals surface area contributed by atoms with Crippen LogP contribution >= 0.6 is 0 Å². The van der Waals surface area contributed by atoms with E-state index in [-0.39, 0.29) is 0 Å². The third-order valence-corrected chi connectivity index (χ3v) is 1.07. The molecule has 0 spiro atoms. The van der Waals surface area contributed by atoms with Crippen LogP contribution < -0.4 is 0 Å². The molecule has 7 heteroatoms. The van der Waals surface area contributed by atoms with Crippen molar-refractivity contribution in [1.82, 2.24) is 0 Å². The summed E-state index contributed by atoms with van der Waals surface area (Å²) in [7, 11) is -4.54. The summed E-state index contributed by atoms with van der Waals surface area (Å²) in [6, 6.07) is 0. The van der Waals surface area contributed by atoms with Crippen LogP contribution in [0.5, 0.6) is 0 Å². The van der Waals surface area contributed by atoms with Crippen LogP contribution in [0, 0.1) is 0 Å². The molecule has 1 unspecified atom stereocenters. The quantitative estimate of drug-likeness (QED) is 0.483. The van der Waals surface area contributed by atoms with E-state index in [0.717, 1.165) is 6.92 Å². The highest BCUT2D eigenvalue weighted by atomic mass is 32.3. The van der Waals surface area contributed by atoms with E-state index in [4.69, 9.17) is 4.55 Å². The Balaban J connectivity index is 3.69. The van der Waals surface area contributed by atoms with Crippen molar-refractivity contribution in [2.45, 2.75) is 13.2 Å². The lowest BCUT2D eigenvalue weighted by Crippen LogP contribution is -2.17. The summed E-state index contributed by atoms with van der Waals surface area (Å²) < 4.78 is 46.6. The normalized spacial score (nSPS) is 15.1. The summed E-state index contributed by atoms with van der Waals surface area (Å²) in [6.45, 7) is -0.0377. The first-order valence-corrected chi connectivity index (χ1v) is 3.65. The molecular weight excluding hydrogens is 167 g/mol. The molecule has 0 aliphatic rings. The van der Waals surface area contributed by atoms with Crippen LogP contribution in [0.1, 0.15) is 6.92 Å². The lowest BCUT2D eigenvalue weighted by Gasteiger charge is -2.06. The molecule has 0 aromatic carbocycles. The van der Waals surface area contributed by atoms with Gasteiger partial charge in [0.1, 0.15) is 0 Å². The highest BCUT2D eigenvalue weighted by Crippen LogP contribution is 1.97. The van der Waals surface area contributed by atoms with Crippen LogP contribution in [0.2, 0.25) is 0 Å². The largest absolute Gasteiger partial charge is 0.399 e. The summed E-state index contributed by atoms with van der Waals surface area (Å²) in [5, 5.41) is 0. The van der Waals surface area contributed by atoms with Crippen molar-refractivity contribution < 1.29 is 26.3 Å². The molecule has 0 saturated carbocycles. The second-order valence-corrected chi connectivity index (χ2v) is 2.42. The molecule has 0 aliphatic heterocycles. The number of ether oxygens (including phenoxy) is 1. The zero-order valence-electron chi connectivity index (χ0n) is 5.15. The Morgan fingerprint density at radius 1 is 1.70 bits per heavy atom. The van der Waals surface area contributed by atoms with E-state index < -0.39 is 23.5 Å². The van der Waals surface area contributed by atoms with E-state index in [1.165, 1.54) is 0 Å². The fourth-order valence-corrected chi connectivity index (χ4v) is 0.686. The fourth-order valence-electron chi connectivity index (χ4n) is 0.288. The molecule has 10 heavy (non-hydrogen) atoms. The van der Waals surface area contributed by atoms with Gasteiger partial charge >= 0.3 is 10.4 Å². The molecule has 0 saturated heterocycles. The molecule has 5 nitrogen and oxygen atoms in total. The molecule has 0 rings (SSSR count). The van der Waals surface area contributed by atoms with Gasteiger partial charge in [-0.15, -0.1) is 0 Å². The number of hydrogen-bond acceptors (Lipinski definition) is 4. The Hall–Kier alpha value is -0.240. The smallest absolute Gasteiger partial charge is 0.321 e. The molecule has 0 bridgehead atoms. The van der Waals surface area contributed by atoms with Crippen LogP contribution in [-0.2, 0) is 19.3 Å². The molecule has 1 atom stereocenters. The van der Waals surface area contributed by atoms with E-state index in [1.54, 1.807) is 0 Å². The lowest BCUT2D eigenvalue weighted by molar-refractivity contribution is -0.0995. The Kier molecular flexibility index (Phi) is 3.72. The fraction of sp³-hybridized carbons (Fsp3) is 1.00. The standard InChI is InChI=1S/C3H7FO5S/c1-3(8-2-4)9-10(5,6)7/h3H,2H2,1H3,(H,5,6,7). The summed E-state index contributed by atoms with van der Waals surface area (Å²) in [6.07, 6.45) is -1.31. The molecule has 0 heterocycles. The SMILES string of the molecule is CC(OCF)OS(=O)(=O)O. The molecule has 1 N–H and O–H groups in total. The van der Waals surface area contributed by atoms with Crippen molar-refractivity contribution >= 4 is 10.4 Å². The first-order chi connectivity index (χ1) is 4.45. The first-order valence-electron chi connectivity index (χ1n) is 2.29. The number of halogens is 1. The van der Waals surface area contributed by atoms with E-state index >= 15 is 0 Å². The molecule has 0 fully saturated rings. The average Bonchev–Trinajstić information content (AvgIpc) is 1.59. The van der Waals surface area contributed by atoms with E-state index in [1.807, 2.05) is 0 Å². The van der Waals surface area contributed by atoms with Crippen molar-refractivity contribution in [1.29, 1.82) is 0 Å². The number of rotatable bonds is 4. The summed E-state index contributed by atoms with van der Waals surface area (Å²) in [5.74, 6) is 0. The van der Waals surface area contributed by atoms with Crippen molar-refractivity contribution in [3.63, 3.8) is 0 Å². The summed E-state index contributed by atoms with van der Waals surface area (Å²) >= 11 is 0. The molecule has 62 valence electrons. The average molecular weight is 174 g/mol. The zero-order chi connectivity index (χ0) is 8.20. The van der Waals surface area contributed by atoms with Gasteiger partial charge in [-0.1, -0.05) is 0 Å². The molecule has 0 aliphatic carbocycles. The topological polar surface area (TPSA) is 72.8 Å². The maximum absolute atomic E-state index is 11.2. The highest BCUT2D eigenvalue weighted by Gasteiger charge is 2.11. The van der Waals surface area contributed by atoms with Crippen molar-refractivity contribution in [2.24, 2.45) is 0 Å². The second-order valence-electron chi connectivity index (χ2n) is 1.37. The van der Waals surface area contributed by atoms with Crippen LogP contribution in [0.3, 0.4) is 0 Å². The van der Waals surface area contributed by atoms with Gasteiger partial charge in [-0.25, -0.2) is 8.57 Å². The van der Waals surface area contributed by atoms with Crippen molar-refractivity contribution in [3.8, 4) is 0 Å². The Labute approximate surface area is 57.7 Å². The number of alkyl halides is 1. The van der Waals surface area contributed by atoms with Gasteiger partial charge in [0.05, 0.1) is 0 Å². The maximum atomic E-state index is 11.2. The maximum Gasteiger partial charge on any atom is 0.399 e. The van der Waals surface area contributed by atoms with Crippen molar-refractivity contribution in [2.75, 3.05) is 6.86 Å². The third-order valence-electron chi connectivity index (χ3n) is 0.555. The lowest BCUT2D eigenvalue weighted by atomic mass is 10.8. The highest BCUT2D eigenvalue weighted by molar-refractivity contribution is 7.80. The zero-order valence-corrected chi connectivity index (χ0v) is 5.97. The van der Waals surface area contributed by atoms with Gasteiger partial charge < -0.3 is 4.74 Å². The number of hydrogen-bond donors (Lipinski definition) is 1. The predicted octanol–water partition coefficient (Wildman–Crippen LogP) is 0.0954. The second kappa shape index (κ2) is 3.81. The first kappa shape index (κ1) is 9.76. The third kappa shape index (κ3) is 5.89. The Morgan fingerprint density at radius 3 is 2.50 bits per heavy atom. The molecule has 0 amide bonds. The Morgan fingerprint density at radius 2 is 2.20 bits per heavy atom. The van der Waals surface area contributed by atoms with Crippen LogP contribution in [0.15, 0.2) is 0 Å². The molecule has 0 radical (unpaired) electrons. The van der Waals surface area contributed by atoms with E-state index in [2.05, 4.69) is 8.92 Å². The van der Waals surface area contributed by atoms with Gasteiger partial charge in [-0.2, -0.15) is 8.42 Å². The molecule has 0 aromatic rings. The molecular formula is C3H7FO5S. The summed E-state index contributed by atoms with van der Waals surface area (Å²) in [5.41, 5.74) is 0. The monoisotopic (exact) mass is 174 g/mol. The van der Waals surface area contributed by atoms with Gasteiger partial charge in [0.25, 0.3) is 0 Å². The van der Waals surface area contributed by atoms with E-state index in [0.29, 0.717) is 0 Å². The van der Waals surface area contributed by atoms with Gasteiger partial charge in [0, 0.05) is 0 Å². The van der Waals surface area contributed by atoms with Crippen LogP contribution in [0.4, 0.5) is 4.39 Å². The minimum absolute atomic E-state index is 1.13. The van der Waals surface area contributed by atoms with Crippen LogP contribution in [-0.4, -0.2) is 26.1 Å². The van der Waals surface area contributed by atoms with Gasteiger partial charge in [-0.05, 0) is 6.92 Å². The Bertz CT molecular complexity index is 175. The van der Waals surface area contributed by atoms with Gasteiger partial charge in [0.15, 0.2) is 13.2 Å². The minimum Gasteiger partial charge on any atom is -0.321 e. The van der Waals surface area contributed by atoms with Crippen molar-refractivity contribution in [3.05, 3.63) is 0 Å². The minimum atomic E-state index is -4.54. The van der Waals surface area contributed by atoms with E-state index in [9.17, 15) is 12.8 Å². The van der Waals surface area contributed by atoms with Gasteiger partial charge in [0.2, 0.25) is 0 Å². The van der Waals surface area contributed by atoms with Crippen LogP contribution in [0.25, 0.3) is 0 Å². The predicted molar refractivity (Wildman–Crippen MR) is 29.2 cm³/mol. The molecule has 0 aromatic heterocycles. The summed E-state index contributed by atoms with van der Waals surface area (Å²) in [4.78, 5) is 0. The van der Waals surface area contributed by atoms with Gasteiger partial charge in [-0.3, -0.25) is 4.55 Å².